The van der Waals surface area contributed by atoms with Crippen molar-refractivity contribution in [3.8, 4) is 0 Å². The van der Waals surface area contributed by atoms with Crippen LogP contribution in [0.5, 0.6) is 0 Å². The first-order chi connectivity index (χ1) is 8.66. The Bertz CT molecular complexity index is 603. The minimum Gasteiger partial charge on any atom is -0.289 e. The number of hydrogen-bond acceptors (Lipinski definition) is 1. The number of ketones is 1. The summed E-state index contributed by atoms with van der Waals surface area (Å²) in [4.78, 5) is 11.9. The van der Waals surface area contributed by atoms with Gasteiger partial charge < -0.3 is 0 Å². The molecule has 2 aromatic rings. The molecule has 0 aliphatic heterocycles. The van der Waals surface area contributed by atoms with Crippen LogP contribution in [-0.4, -0.2) is 5.78 Å². The fraction of sp³-hybridized carbons (Fsp3) is 0. The van der Waals surface area contributed by atoms with Crippen LogP contribution in [0.1, 0.15) is 15.9 Å². The highest BCUT2D eigenvalue weighted by Crippen LogP contribution is 2.17. The van der Waals surface area contributed by atoms with Gasteiger partial charge in [0.15, 0.2) is 5.78 Å². The van der Waals surface area contributed by atoms with E-state index >= 15 is 0 Å². The van der Waals surface area contributed by atoms with Crippen LogP contribution >= 0.6 is 23.2 Å². The van der Waals surface area contributed by atoms with Crippen LogP contribution in [0, 0.1) is 0 Å². The third-order valence-corrected chi connectivity index (χ3v) is 2.98. The number of allylic oxidation sites excluding steroid dienone is 1. The van der Waals surface area contributed by atoms with Gasteiger partial charge in [0.2, 0.25) is 0 Å². The van der Waals surface area contributed by atoms with E-state index < -0.39 is 0 Å². The Morgan fingerprint density at radius 1 is 1.00 bits per heavy atom. The quantitative estimate of drug-likeness (QED) is 0.576. The molecule has 2 aromatic carbocycles. The minimum atomic E-state index is -0.124. The monoisotopic (exact) mass is 276 g/mol. The Labute approximate surface area is 116 Å². The Morgan fingerprint density at radius 2 is 1.78 bits per heavy atom. The topological polar surface area (TPSA) is 17.1 Å². The average Bonchev–Trinajstić information content (AvgIpc) is 2.37. The molecular weight excluding hydrogens is 267 g/mol. The van der Waals surface area contributed by atoms with Crippen molar-refractivity contribution in [1.82, 2.24) is 0 Å². The summed E-state index contributed by atoms with van der Waals surface area (Å²) in [5.41, 5.74) is 1.38. The molecule has 3 heteroatoms. The summed E-state index contributed by atoms with van der Waals surface area (Å²) in [6.07, 6.45) is 3.21. The molecular formula is C15H10Cl2O. The summed E-state index contributed by atoms with van der Waals surface area (Å²) in [6, 6.07) is 14.3. The van der Waals surface area contributed by atoms with Gasteiger partial charge in [-0.1, -0.05) is 53.5 Å². The van der Waals surface area contributed by atoms with Crippen LogP contribution in [0.25, 0.3) is 6.08 Å². The zero-order valence-electron chi connectivity index (χ0n) is 9.44. The van der Waals surface area contributed by atoms with Gasteiger partial charge in [0.25, 0.3) is 0 Å². The molecule has 0 spiro atoms. The molecule has 1 nitrogen and oxygen atoms in total. The molecule has 0 unspecified atom stereocenters. The van der Waals surface area contributed by atoms with Gasteiger partial charge in [-0.3, -0.25) is 4.79 Å². The number of rotatable bonds is 3. The first-order valence-electron chi connectivity index (χ1n) is 5.39. The van der Waals surface area contributed by atoms with E-state index in [4.69, 9.17) is 23.2 Å². The Kier molecular flexibility index (Phi) is 4.19. The van der Waals surface area contributed by atoms with Gasteiger partial charge in [0.05, 0.1) is 5.02 Å². The second-order valence-corrected chi connectivity index (χ2v) is 4.58. The predicted octanol–water partition coefficient (Wildman–Crippen LogP) is 4.89. The zero-order valence-corrected chi connectivity index (χ0v) is 10.9. The maximum absolute atomic E-state index is 11.9. The van der Waals surface area contributed by atoms with E-state index in [9.17, 15) is 4.79 Å². The second-order valence-electron chi connectivity index (χ2n) is 3.73. The van der Waals surface area contributed by atoms with E-state index in [0.29, 0.717) is 15.6 Å². The van der Waals surface area contributed by atoms with Crippen LogP contribution in [0.3, 0.4) is 0 Å². The number of halogens is 2. The molecule has 2 rings (SSSR count). The Morgan fingerprint density at radius 3 is 2.50 bits per heavy atom. The summed E-state index contributed by atoms with van der Waals surface area (Å²) in [5, 5.41) is 1.10. The first-order valence-corrected chi connectivity index (χ1v) is 6.15. The molecule has 0 fully saturated rings. The molecule has 0 radical (unpaired) electrons. The summed E-state index contributed by atoms with van der Waals surface area (Å²) >= 11 is 11.8. The molecule has 0 saturated heterocycles. The summed E-state index contributed by atoms with van der Waals surface area (Å²) in [5.74, 6) is -0.124. The molecule has 0 amide bonds. The van der Waals surface area contributed by atoms with Crippen molar-refractivity contribution in [2.75, 3.05) is 0 Å². The van der Waals surface area contributed by atoms with Gasteiger partial charge in [-0.05, 0) is 35.9 Å². The molecule has 0 saturated carbocycles. The van der Waals surface area contributed by atoms with Gasteiger partial charge in [-0.25, -0.2) is 0 Å². The second kappa shape index (κ2) is 5.85. The van der Waals surface area contributed by atoms with E-state index in [1.54, 1.807) is 42.5 Å². The van der Waals surface area contributed by atoms with Crippen LogP contribution in [0.4, 0.5) is 0 Å². The van der Waals surface area contributed by atoms with E-state index in [1.807, 2.05) is 12.1 Å². The standard InChI is InChI=1S/C15H10Cl2O/c16-12-5-3-4-11(10-12)8-9-15(18)13-6-1-2-7-14(13)17/h1-10H/b9-8+. The Hall–Kier alpha value is -1.57. The highest BCUT2D eigenvalue weighted by molar-refractivity contribution is 6.34. The lowest BCUT2D eigenvalue weighted by atomic mass is 10.1. The number of hydrogen-bond donors (Lipinski definition) is 0. The van der Waals surface area contributed by atoms with Gasteiger partial charge >= 0.3 is 0 Å². The number of carbonyl (C=O) groups is 1. The molecule has 0 aliphatic rings. The Balaban J connectivity index is 2.20. The normalized spacial score (nSPS) is 10.8. The average molecular weight is 277 g/mol. The largest absolute Gasteiger partial charge is 0.289 e. The smallest absolute Gasteiger partial charge is 0.187 e. The summed E-state index contributed by atoms with van der Waals surface area (Å²) in [6.45, 7) is 0. The van der Waals surface area contributed by atoms with Crippen molar-refractivity contribution in [3.63, 3.8) is 0 Å². The van der Waals surface area contributed by atoms with Crippen LogP contribution < -0.4 is 0 Å². The van der Waals surface area contributed by atoms with Crippen molar-refractivity contribution >= 4 is 35.1 Å². The molecule has 0 aliphatic carbocycles. The van der Waals surface area contributed by atoms with E-state index in [0.717, 1.165) is 5.56 Å². The predicted molar refractivity (Wildman–Crippen MR) is 76.3 cm³/mol. The molecule has 0 N–H and O–H groups in total. The van der Waals surface area contributed by atoms with E-state index in [1.165, 1.54) is 6.08 Å². The van der Waals surface area contributed by atoms with Crippen molar-refractivity contribution in [1.29, 1.82) is 0 Å². The van der Waals surface area contributed by atoms with Gasteiger partial charge in [0, 0.05) is 10.6 Å². The van der Waals surface area contributed by atoms with Gasteiger partial charge in [-0.15, -0.1) is 0 Å². The molecule has 0 bridgehead atoms. The van der Waals surface area contributed by atoms with Crippen molar-refractivity contribution in [2.45, 2.75) is 0 Å². The van der Waals surface area contributed by atoms with Crippen molar-refractivity contribution in [2.24, 2.45) is 0 Å². The molecule has 0 atom stereocenters. The molecule has 18 heavy (non-hydrogen) atoms. The van der Waals surface area contributed by atoms with Crippen molar-refractivity contribution in [3.05, 3.63) is 75.8 Å². The molecule has 90 valence electrons. The highest BCUT2D eigenvalue weighted by atomic mass is 35.5. The molecule has 0 aromatic heterocycles. The summed E-state index contributed by atoms with van der Waals surface area (Å²) < 4.78 is 0. The summed E-state index contributed by atoms with van der Waals surface area (Å²) in [7, 11) is 0. The van der Waals surface area contributed by atoms with Crippen LogP contribution in [0.15, 0.2) is 54.6 Å². The van der Waals surface area contributed by atoms with E-state index in [2.05, 4.69) is 0 Å². The lowest BCUT2D eigenvalue weighted by molar-refractivity contribution is 0.104. The lowest BCUT2D eigenvalue weighted by Gasteiger charge is -1.98. The van der Waals surface area contributed by atoms with Crippen LogP contribution in [0.2, 0.25) is 10.0 Å². The van der Waals surface area contributed by atoms with Crippen LogP contribution in [-0.2, 0) is 0 Å². The highest BCUT2D eigenvalue weighted by Gasteiger charge is 2.05. The third-order valence-electron chi connectivity index (χ3n) is 2.42. The first kappa shape index (κ1) is 12.9. The number of benzene rings is 2. The SMILES string of the molecule is O=C(/C=C/c1cccc(Cl)c1)c1ccccc1Cl. The molecule has 0 heterocycles. The maximum atomic E-state index is 11.9. The minimum absolute atomic E-state index is 0.124. The fourth-order valence-electron chi connectivity index (χ4n) is 1.53. The maximum Gasteiger partial charge on any atom is 0.187 e. The fourth-order valence-corrected chi connectivity index (χ4v) is 1.96. The van der Waals surface area contributed by atoms with Gasteiger partial charge in [-0.2, -0.15) is 0 Å². The number of carbonyl (C=O) groups excluding carboxylic acids is 1. The lowest BCUT2D eigenvalue weighted by Crippen LogP contribution is -1.94. The zero-order chi connectivity index (χ0) is 13.0. The van der Waals surface area contributed by atoms with E-state index in [-0.39, 0.29) is 5.78 Å². The van der Waals surface area contributed by atoms with Gasteiger partial charge in [0.1, 0.15) is 0 Å². The van der Waals surface area contributed by atoms with Crippen molar-refractivity contribution < 1.29 is 4.79 Å². The third kappa shape index (κ3) is 3.22.